The van der Waals surface area contributed by atoms with Crippen molar-refractivity contribution >= 4 is 11.8 Å². The first kappa shape index (κ1) is 13.7. The molecule has 2 rings (SSSR count). The Bertz CT molecular complexity index is 484. The average Bonchev–Trinajstić information content (AvgIpc) is 2.39. The molecule has 19 heavy (non-hydrogen) atoms. The fraction of sp³-hybridized carbons (Fsp3) is 0.467. The number of ether oxygens (including phenoxy) is 1. The van der Waals surface area contributed by atoms with Gasteiger partial charge in [0.2, 0.25) is 0 Å². The van der Waals surface area contributed by atoms with Crippen LogP contribution in [0.1, 0.15) is 37.7 Å². The first-order valence-corrected chi connectivity index (χ1v) is 6.56. The average molecular weight is 264 g/mol. The third-order valence-corrected chi connectivity index (χ3v) is 3.56. The molecule has 1 aliphatic rings. The Balaban J connectivity index is 2.29. The molecule has 4 heteroatoms. The van der Waals surface area contributed by atoms with E-state index in [1.54, 1.807) is 25.1 Å². The lowest BCUT2D eigenvalue weighted by Crippen LogP contribution is -2.31. The van der Waals surface area contributed by atoms with Crippen molar-refractivity contribution in [3.8, 4) is 0 Å². The number of rotatable bonds is 3. The van der Waals surface area contributed by atoms with Crippen molar-refractivity contribution in [1.82, 2.24) is 0 Å². The predicted molar refractivity (Wildman–Crippen MR) is 68.1 cm³/mol. The van der Waals surface area contributed by atoms with Crippen LogP contribution < -0.4 is 0 Å². The van der Waals surface area contributed by atoms with E-state index in [4.69, 9.17) is 4.74 Å². The summed E-state index contributed by atoms with van der Waals surface area (Å²) in [5.41, 5.74) is 0.439. The number of esters is 1. The molecule has 0 saturated heterocycles. The van der Waals surface area contributed by atoms with Crippen LogP contribution in [-0.2, 0) is 14.3 Å². The van der Waals surface area contributed by atoms with Crippen molar-refractivity contribution in [2.45, 2.75) is 32.1 Å². The Labute approximate surface area is 111 Å². The highest BCUT2D eigenvalue weighted by Gasteiger charge is 2.37. The molecule has 2 atom stereocenters. The van der Waals surface area contributed by atoms with Gasteiger partial charge in [0.1, 0.15) is 11.6 Å². The van der Waals surface area contributed by atoms with Gasteiger partial charge in [0.25, 0.3) is 0 Å². The molecule has 3 nitrogen and oxygen atoms in total. The van der Waals surface area contributed by atoms with Gasteiger partial charge in [-0.1, -0.05) is 18.2 Å². The minimum Gasteiger partial charge on any atom is -0.466 e. The summed E-state index contributed by atoms with van der Waals surface area (Å²) in [5, 5.41) is 0. The van der Waals surface area contributed by atoms with Gasteiger partial charge in [0.05, 0.1) is 12.5 Å². The van der Waals surface area contributed by atoms with Gasteiger partial charge in [-0.2, -0.15) is 0 Å². The summed E-state index contributed by atoms with van der Waals surface area (Å²) in [7, 11) is 0. The number of benzene rings is 1. The first-order chi connectivity index (χ1) is 9.13. The molecular formula is C15H17FO3. The van der Waals surface area contributed by atoms with Crippen LogP contribution in [0.15, 0.2) is 24.3 Å². The molecular weight excluding hydrogens is 247 g/mol. The number of carbonyl (C=O) groups is 2. The Morgan fingerprint density at radius 2 is 2.16 bits per heavy atom. The highest BCUT2D eigenvalue weighted by Crippen LogP contribution is 2.38. The summed E-state index contributed by atoms with van der Waals surface area (Å²) in [6, 6.07) is 6.32. The van der Waals surface area contributed by atoms with Crippen LogP contribution in [0.4, 0.5) is 4.39 Å². The van der Waals surface area contributed by atoms with Crippen molar-refractivity contribution in [2.75, 3.05) is 6.61 Å². The van der Waals surface area contributed by atoms with Gasteiger partial charge in [-0.05, 0) is 25.0 Å². The standard InChI is InChI=1S/C15H17FO3/c1-2-19-15(18)12-8-7-10(17)9-13(12)11-5-3-4-6-14(11)16/h3-6,12-13H,2,7-9H2,1H3/t12-,13-/m1/s1. The van der Waals surface area contributed by atoms with Crippen molar-refractivity contribution < 1.29 is 18.7 Å². The molecule has 1 aromatic carbocycles. The van der Waals surface area contributed by atoms with Crippen molar-refractivity contribution in [3.05, 3.63) is 35.6 Å². The second-order valence-corrected chi connectivity index (χ2v) is 4.77. The van der Waals surface area contributed by atoms with E-state index in [2.05, 4.69) is 0 Å². The van der Waals surface area contributed by atoms with Crippen LogP contribution in [0.5, 0.6) is 0 Å². The minimum absolute atomic E-state index is 0.0776. The highest BCUT2D eigenvalue weighted by molar-refractivity contribution is 5.84. The molecule has 0 unspecified atom stereocenters. The molecule has 0 aliphatic heterocycles. The van der Waals surface area contributed by atoms with E-state index in [1.807, 2.05) is 0 Å². The molecule has 0 radical (unpaired) electrons. The van der Waals surface area contributed by atoms with Gasteiger partial charge >= 0.3 is 5.97 Å². The van der Waals surface area contributed by atoms with E-state index in [0.717, 1.165) is 0 Å². The zero-order valence-electron chi connectivity index (χ0n) is 10.9. The van der Waals surface area contributed by atoms with E-state index in [-0.39, 0.29) is 24.0 Å². The zero-order valence-corrected chi connectivity index (χ0v) is 10.9. The number of carbonyl (C=O) groups excluding carboxylic acids is 2. The summed E-state index contributed by atoms with van der Waals surface area (Å²) in [4.78, 5) is 23.6. The smallest absolute Gasteiger partial charge is 0.309 e. The molecule has 0 aromatic heterocycles. The first-order valence-electron chi connectivity index (χ1n) is 6.56. The zero-order chi connectivity index (χ0) is 13.8. The molecule has 1 saturated carbocycles. The summed E-state index contributed by atoms with van der Waals surface area (Å²) in [6.45, 7) is 2.04. The van der Waals surface area contributed by atoms with Gasteiger partial charge in [-0.3, -0.25) is 9.59 Å². The molecule has 1 aliphatic carbocycles. The van der Waals surface area contributed by atoms with E-state index in [9.17, 15) is 14.0 Å². The van der Waals surface area contributed by atoms with Gasteiger partial charge in [-0.25, -0.2) is 4.39 Å². The summed E-state index contributed by atoms with van der Waals surface area (Å²) in [5.74, 6) is -1.44. The van der Waals surface area contributed by atoms with Crippen LogP contribution in [-0.4, -0.2) is 18.4 Å². The maximum atomic E-state index is 13.9. The van der Waals surface area contributed by atoms with Crippen LogP contribution >= 0.6 is 0 Å². The molecule has 102 valence electrons. The Hall–Kier alpha value is -1.71. The van der Waals surface area contributed by atoms with E-state index >= 15 is 0 Å². The van der Waals surface area contributed by atoms with Crippen LogP contribution in [0.3, 0.4) is 0 Å². The fourth-order valence-corrected chi connectivity index (χ4v) is 2.64. The van der Waals surface area contributed by atoms with Crippen molar-refractivity contribution in [2.24, 2.45) is 5.92 Å². The topological polar surface area (TPSA) is 43.4 Å². The van der Waals surface area contributed by atoms with Gasteiger partial charge in [0.15, 0.2) is 0 Å². The third-order valence-electron chi connectivity index (χ3n) is 3.56. The molecule has 0 bridgehead atoms. The van der Waals surface area contributed by atoms with Gasteiger partial charge in [-0.15, -0.1) is 0 Å². The molecule has 1 fully saturated rings. The number of halogens is 1. The summed E-state index contributed by atoms with van der Waals surface area (Å²) in [6.07, 6.45) is 1.02. The molecule has 0 heterocycles. The molecule has 1 aromatic rings. The second kappa shape index (κ2) is 5.95. The van der Waals surface area contributed by atoms with E-state index in [0.29, 0.717) is 25.0 Å². The van der Waals surface area contributed by atoms with Crippen LogP contribution in [0, 0.1) is 11.7 Å². The van der Waals surface area contributed by atoms with Crippen molar-refractivity contribution in [1.29, 1.82) is 0 Å². The monoisotopic (exact) mass is 264 g/mol. The summed E-state index contributed by atoms with van der Waals surface area (Å²) < 4.78 is 18.9. The van der Waals surface area contributed by atoms with Crippen LogP contribution in [0.2, 0.25) is 0 Å². The second-order valence-electron chi connectivity index (χ2n) is 4.77. The fourth-order valence-electron chi connectivity index (χ4n) is 2.64. The Morgan fingerprint density at radius 1 is 1.42 bits per heavy atom. The van der Waals surface area contributed by atoms with E-state index < -0.39 is 11.8 Å². The molecule has 0 N–H and O–H groups in total. The van der Waals surface area contributed by atoms with E-state index in [1.165, 1.54) is 6.07 Å². The SMILES string of the molecule is CCOC(=O)[C@@H]1CCC(=O)C[C@@H]1c1ccccc1F. The summed E-state index contributed by atoms with van der Waals surface area (Å²) >= 11 is 0. The number of ketones is 1. The number of hydrogen-bond donors (Lipinski definition) is 0. The lowest BCUT2D eigenvalue weighted by molar-refractivity contribution is -0.150. The quantitative estimate of drug-likeness (QED) is 0.788. The largest absolute Gasteiger partial charge is 0.466 e. The van der Waals surface area contributed by atoms with Gasteiger partial charge in [0, 0.05) is 18.8 Å². The molecule has 0 amide bonds. The van der Waals surface area contributed by atoms with Crippen molar-refractivity contribution in [3.63, 3.8) is 0 Å². The Kier molecular flexibility index (Phi) is 4.30. The number of Topliss-reactive ketones (excluding diaryl/α,β-unsaturated/α-hetero) is 1. The predicted octanol–water partition coefficient (Wildman–Crippen LogP) is 2.84. The highest BCUT2D eigenvalue weighted by atomic mass is 19.1. The van der Waals surface area contributed by atoms with Crippen LogP contribution in [0.25, 0.3) is 0 Å². The maximum Gasteiger partial charge on any atom is 0.309 e. The lowest BCUT2D eigenvalue weighted by Gasteiger charge is -2.29. The Morgan fingerprint density at radius 3 is 2.84 bits per heavy atom. The third kappa shape index (κ3) is 3.00. The molecule has 0 spiro atoms. The van der Waals surface area contributed by atoms with Gasteiger partial charge < -0.3 is 4.74 Å². The number of hydrogen-bond acceptors (Lipinski definition) is 3. The normalized spacial score (nSPS) is 23.2. The maximum absolute atomic E-state index is 13.9. The minimum atomic E-state index is -0.422. The lowest BCUT2D eigenvalue weighted by atomic mass is 9.75.